The lowest BCUT2D eigenvalue weighted by atomic mass is 10.1. The first-order valence-electron chi connectivity index (χ1n) is 6.35. The minimum Gasteiger partial charge on any atom is -0.407 e. The monoisotopic (exact) mass is 259 g/mol. The van der Waals surface area contributed by atoms with Crippen LogP contribution in [0.15, 0.2) is 28.7 Å². The molecule has 100 valence electrons. The van der Waals surface area contributed by atoms with E-state index >= 15 is 0 Å². The van der Waals surface area contributed by atoms with Gasteiger partial charge in [-0.15, -0.1) is 5.10 Å². The molecule has 2 aromatic rings. The highest BCUT2D eigenvalue weighted by Crippen LogP contribution is 2.12. The summed E-state index contributed by atoms with van der Waals surface area (Å²) in [5.74, 6) is 0.392. The molecule has 1 aromatic heterocycles. The summed E-state index contributed by atoms with van der Waals surface area (Å²) in [6.45, 7) is 3.98. The van der Waals surface area contributed by atoms with Crippen LogP contribution >= 0.6 is 0 Å². The predicted molar refractivity (Wildman–Crippen MR) is 71.8 cm³/mol. The molecule has 1 heterocycles. The molecule has 1 N–H and O–H groups in total. The molecule has 0 saturated heterocycles. The third-order valence-corrected chi connectivity index (χ3v) is 2.67. The van der Waals surface area contributed by atoms with Crippen LogP contribution < -0.4 is 5.32 Å². The summed E-state index contributed by atoms with van der Waals surface area (Å²) in [5, 5.41) is 10.3. The Hall–Kier alpha value is -2.17. The lowest BCUT2D eigenvalue weighted by Crippen LogP contribution is -2.10. The summed E-state index contributed by atoms with van der Waals surface area (Å²) >= 11 is 0. The van der Waals surface area contributed by atoms with Crippen LogP contribution in [-0.4, -0.2) is 16.1 Å². The molecule has 0 spiro atoms. The zero-order valence-corrected chi connectivity index (χ0v) is 11.1. The molecule has 5 heteroatoms. The minimum atomic E-state index is -0.104. The molecular formula is C14H17N3O2. The summed E-state index contributed by atoms with van der Waals surface area (Å²) in [6, 6.07) is 8.29. The number of nitrogens with zero attached hydrogens (tertiary/aromatic N) is 2. The molecule has 0 aliphatic heterocycles. The topological polar surface area (TPSA) is 68.0 Å². The van der Waals surface area contributed by atoms with E-state index < -0.39 is 0 Å². The Bertz CT molecular complexity index is 546. The summed E-state index contributed by atoms with van der Waals surface area (Å²) in [7, 11) is 0. The third-order valence-electron chi connectivity index (χ3n) is 2.67. The van der Waals surface area contributed by atoms with Crippen molar-refractivity contribution in [2.45, 2.75) is 33.1 Å². The number of amides is 1. The highest BCUT2D eigenvalue weighted by atomic mass is 16.4. The first kappa shape index (κ1) is 13.3. The molecule has 0 atom stereocenters. The average Bonchev–Trinajstić information content (AvgIpc) is 2.80. The second-order valence-electron chi connectivity index (χ2n) is 4.46. The summed E-state index contributed by atoms with van der Waals surface area (Å²) in [6.07, 6.45) is 1.81. The minimum absolute atomic E-state index is 0.104. The van der Waals surface area contributed by atoms with Crippen molar-refractivity contribution >= 4 is 11.9 Å². The Kier molecular flexibility index (Phi) is 4.28. The van der Waals surface area contributed by atoms with Gasteiger partial charge in [0.05, 0.1) is 6.42 Å². The number of benzene rings is 1. The molecule has 0 unspecified atom stereocenters. The molecule has 0 bridgehead atoms. The van der Waals surface area contributed by atoms with Crippen LogP contribution in [0.1, 0.15) is 36.8 Å². The molecule has 19 heavy (non-hydrogen) atoms. The molecule has 0 aliphatic rings. The van der Waals surface area contributed by atoms with Gasteiger partial charge in [0.15, 0.2) is 0 Å². The molecule has 0 aliphatic carbocycles. The van der Waals surface area contributed by atoms with Gasteiger partial charge in [0.25, 0.3) is 0 Å². The number of carbonyl (C=O) groups is 1. The van der Waals surface area contributed by atoms with Gasteiger partial charge in [-0.25, -0.2) is 0 Å². The molecular weight excluding hydrogens is 242 g/mol. The van der Waals surface area contributed by atoms with Crippen molar-refractivity contribution in [3.05, 3.63) is 41.3 Å². The SMILES string of the molecule is CCCC(=O)Nc1nnc(Cc2ccc(C)cc2)o1. The smallest absolute Gasteiger partial charge is 0.322 e. The van der Waals surface area contributed by atoms with E-state index in [0.29, 0.717) is 18.7 Å². The molecule has 5 nitrogen and oxygen atoms in total. The normalized spacial score (nSPS) is 10.4. The second kappa shape index (κ2) is 6.13. The summed E-state index contributed by atoms with van der Waals surface area (Å²) in [5.41, 5.74) is 2.31. The predicted octanol–water partition coefficient (Wildman–Crippen LogP) is 2.71. The Labute approximate surface area is 112 Å². The number of aryl methyl sites for hydroxylation is 1. The Morgan fingerprint density at radius 1 is 1.26 bits per heavy atom. The number of rotatable bonds is 5. The van der Waals surface area contributed by atoms with Gasteiger partial charge in [0, 0.05) is 6.42 Å². The van der Waals surface area contributed by atoms with Crippen LogP contribution in [0.2, 0.25) is 0 Å². The Balaban J connectivity index is 1.97. The summed E-state index contributed by atoms with van der Waals surface area (Å²) in [4.78, 5) is 11.4. The van der Waals surface area contributed by atoms with E-state index in [2.05, 4.69) is 15.5 Å². The standard InChI is InChI=1S/C14H17N3O2/c1-3-4-12(18)15-14-17-16-13(19-14)9-11-7-5-10(2)6-8-11/h5-8H,3-4,9H2,1-2H3,(H,15,17,18). The van der Waals surface area contributed by atoms with E-state index in [1.165, 1.54) is 5.56 Å². The Morgan fingerprint density at radius 3 is 2.68 bits per heavy atom. The zero-order chi connectivity index (χ0) is 13.7. The number of hydrogen-bond donors (Lipinski definition) is 1. The van der Waals surface area contributed by atoms with Gasteiger partial charge in [-0.1, -0.05) is 41.9 Å². The van der Waals surface area contributed by atoms with E-state index in [-0.39, 0.29) is 11.9 Å². The third kappa shape index (κ3) is 3.91. The fourth-order valence-corrected chi connectivity index (χ4v) is 1.66. The average molecular weight is 259 g/mol. The fraction of sp³-hybridized carbons (Fsp3) is 0.357. The summed E-state index contributed by atoms with van der Waals surface area (Å²) < 4.78 is 5.38. The second-order valence-corrected chi connectivity index (χ2v) is 4.46. The maximum atomic E-state index is 11.4. The van der Waals surface area contributed by atoms with E-state index in [9.17, 15) is 4.79 Å². The number of aromatic nitrogens is 2. The maximum Gasteiger partial charge on any atom is 0.322 e. The van der Waals surface area contributed by atoms with Crippen molar-refractivity contribution in [3.63, 3.8) is 0 Å². The van der Waals surface area contributed by atoms with E-state index in [4.69, 9.17) is 4.42 Å². The van der Waals surface area contributed by atoms with Crippen molar-refractivity contribution in [3.8, 4) is 0 Å². The van der Waals surface area contributed by atoms with Gasteiger partial charge in [-0.05, 0) is 18.9 Å². The van der Waals surface area contributed by atoms with Crippen molar-refractivity contribution in [1.29, 1.82) is 0 Å². The van der Waals surface area contributed by atoms with Crippen molar-refractivity contribution in [2.75, 3.05) is 5.32 Å². The van der Waals surface area contributed by atoms with Crippen LogP contribution in [0.4, 0.5) is 6.01 Å². The van der Waals surface area contributed by atoms with Crippen LogP contribution in [-0.2, 0) is 11.2 Å². The van der Waals surface area contributed by atoms with Gasteiger partial charge >= 0.3 is 6.01 Å². The van der Waals surface area contributed by atoms with E-state index in [0.717, 1.165) is 12.0 Å². The first-order valence-corrected chi connectivity index (χ1v) is 6.35. The van der Waals surface area contributed by atoms with Crippen molar-refractivity contribution in [2.24, 2.45) is 0 Å². The lowest BCUT2D eigenvalue weighted by molar-refractivity contribution is -0.116. The Morgan fingerprint density at radius 2 is 2.00 bits per heavy atom. The van der Waals surface area contributed by atoms with Crippen LogP contribution in [0.25, 0.3) is 0 Å². The van der Waals surface area contributed by atoms with Crippen LogP contribution in [0.3, 0.4) is 0 Å². The molecule has 1 amide bonds. The van der Waals surface area contributed by atoms with Crippen molar-refractivity contribution < 1.29 is 9.21 Å². The number of hydrogen-bond acceptors (Lipinski definition) is 4. The van der Waals surface area contributed by atoms with Gasteiger partial charge in [0.2, 0.25) is 11.8 Å². The molecule has 0 radical (unpaired) electrons. The van der Waals surface area contributed by atoms with Crippen molar-refractivity contribution in [1.82, 2.24) is 10.2 Å². The first-order chi connectivity index (χ1) is 9.17. The molecule has 2 rings (SSSR count). The van der Waals surface area contributed by atoms with Gasteiger partial charge in [-0.2, -0.15) is 0 Å². The zero-order valence-electron chi connectivity index (χ0n) is 11.1. The highest BCUT2D eigenvalue weighted by Gasteiger charge is 2.09. The fourth-order valence-electron chi connectivity index (χ4n) is 1.66. The quantitative estimate of drug-likeness (QED) is 0.896. The van der Waals surface area contributed by atoms with Crippen LogP contribution in [0, 0.1) is 6.92 Å². The number of anilines is 1. The maximum absolute atomic E-state index is 11.4. The van der Waals surface area contributed by atoms with Gasteiger partial charge < -0.3 is 4.42 Å². The van der Waals surface area contributed by atoms with E-state index in [1.807, 2.05) is 38.1 Å². The number of nitrogens with one attached hydrogen (secondary N) is 1. The molecule has 1 aromatic carbocycles. The lowest BCUT2D eigenvalue weighted by Gasteiger charge is -1.98. The highest BCUT2D eigenvalue weighted by molar-refractivity contribution is 5.88. The molecule has 0 fully saturated rings. The largest absolute Gasteiger partial charge is 0.407 e. The van der Waals surface area contributed by atoms with E-state index in [1.54, 1.807) is 0 Å². The van der Waals surface area contributed by atoms with Crippen LogP contribution in [0.5, 0.6) is 0 Å². The number of carbonyl (C=O) groups excluding carboxylic acids is 1. The van der Waals surface area contributed by atoms with Gasteiger partial charge in [0.1, 0.15) is 0 Å². The van der Waals surface area contributed by atoms with Gasteiger partial charge in [-0.3, -0.25) is 10.1 Å². The molecule has 0 saturated carbocycles.